The minimum absolute atomic E-state index is 0.651. The third-order valence-electron chi connectivity index (χ3n) is 1.55. The van der Waals surface area contributed by atoms with Crippen LogP contribution in [0.3, 0.4) is 0 Å². The van der Waals surface area contributed by atoms with Crippen LogP contribution in [0, 0.1) is 0 Å². The molecule has 0 fully saturated rings. The van der Waals surface area contributed by atoms with Gasteiger partial charge in [-0.2, -0.15) is 12.6 Å². The van der Waals surface area contributed by atoms with E-state index in [4.69, 9.17) is 13.9 Å². The van der Waals surface area contributed by atoms with E-state index < -0.39 is 8.32 Å². The highest BCUT2D eigenvalue weighted by Gasteiger charge is 2.33. The molecule has 0 aromatic rings. The van der Waals surface area contributed by atoms with Gasteiger partial charge < -0.3 is 13.9 Å². The van der Waals surface area contributed by atoms with Crippen LogP contribution in [-0.2, 0) is 13.9 Å². The number of thiol groups is 1. The maximum Gasteiger partial charge on any atom is 0.252 e. The first-order chi connectivity index (χ1) is 5.74. The van der Waals surface area contributed by atoms with Crippen molar-refractivity contribution < 1.29 is 13.9 Å². The fourth-order valence-corrected chi connectivity index (χ4v) is 4.10. The average molecular weight is 210 g/mol. The Balaban J connectivity index is 4.06. The highest BCUT2D eigenvalue weighted by Crippen LogP contribution is 2.08. The van der Waals surface area contributed by atoms with E-state index in [2.05, 4.69) is 12.6 Å². The molecule has 0 heterocycles. The molecule has 3 nitrogen and oxygen atoms in total. The molecule has 0 aliphatic heterocycles. The summed E-state index contributed by atoms with van der Waals surface area (Å²) in [6.45, 7) is 2.69. The summed E-state index contributed by atoms with van der Waals surface area (Å²) >= 11 is 4.28. The quantitative estimate of drug-likeness (QED) is 0.498. The van der Waals surface area contributed by atoms with E-state index >= 15 is 0 Å². The third-order valence-corrected chi connectivity index (χ3v) is 6.39. The largest absolute Gasteiger partial charge is 0.412 e. The second kappa shape index (κ2) is 6.91. The number of rotatable bonds is 7. The first-order valence-corrected chi connectivity index (χ1v) is 7.13. The van der Waals surface area contributed by atoms with Gasteiger partial charge in [-0.15, -0.1) is 0 Å². The molecule has 0 saturated heterocycles. The lowest BCUT2D eigenvalue weighted by molar-refractivity contribution is 0.172. The maximum atomic E-state index is 5.67. The standard InChI is InChI=1S/C7H18O3SSi/c1-4-10-12(7-11,5-8-2)6-9-3/h11H,4-7H2,1-3H3. The van der Waals surface area contributed by atoms with Crippen molar-refractivity contribution >= 4 is 20.9 Å². The maximum absolute atomic E-state index is 5.67. The van der Waals surface area contributed by atoms with Crippen LogP contribution >= 0.6 is 12.6 Å². The Labute approximate surface area is 80.9 Å². The van der Waals surface area contributed by atoms with Crippen LogP contribution in [0.5, 0.6) is 0 Å². The van der Waals surface area contributed by atoms with Gasteiger partial charge in [0.2, 0.25) is 0 Å². The zero-order valence-corrected chi connectivity index (χ0v) is 9.89. The molecule has 0 unspecified atom stereocenters. The second-order valence-corrected chi connectivity index (χ2v) is 7.14. The van der Waals surface area contributed by atoms with Crippen molar-refractivity contribution in [3.05, 3.63) is 0 Å². The van der Waals surface area contributed by atoms with Crippen LogP contribution in [0.1, 0.15) is 6.92 Å². The molecule has 0 saturated carbocycles. The highest BCUT2D eigenvalue weighted by molar-refractivity contribution is 7.82. The summed E-state index contributed by atoms with van der Waals surface area (Å²) in [5.74, 6) is 0. The molecule has 0 amide bonds. The average Bonchev–Trinajstić information content (AvgIpc) is 2.06. The third kappa shape index (κ3) is 3.91. The molecule has 0 aliphatic rings. The van der Waals surface area contributed by atoms with Gasteiger partial charge in [0.05, 0.1) is 12.5 Å². The Kier molecular flexibility index (Phi) is 7.17. The zero-order chi connectivity index (χ0) is 9.45. The van der Waals surface area contributed by atoms with Crippen LogP contribution in [0.4, 0.5) is 0 Å². The lowest BCUT2D eigenvalue weighted by Gasteiger charge is -2.27. The molecule has 0 aromatic carbocycles. The van der Waals surface area contributed by atoms with Gasteiger partial charge in [0, 0.05) is 26.2 Å². The summed E-state index contributed by atoms with van der Waals surface area (Å²) in [6.07, 6.45) is 1.30. The molecular formula is C7H18O3SSi. The van der Waals surface area contributed by atoms with Crippen molar-refractivity contribution in [2.45, 2.75) is 6.92 Å². The second-order valence-electron chi connectivity index (χ2n) is 2.64. The number of hydrogen-bond acceptors (Lipinski definition) is 4. The molecule has 0 N–H and O–H groups in total. The topological polar surface area (TPSA) is 27.7 Å². The predicted octanol–water partition coefficient (Wildman–Crippen LogP) is 0.809. The van der Waals surface area contributed by atoms with Crippen LogP contribution in [0.25, 0.3) is 0 Å². The van der Waals surface area contributed by atoms with Gasteiger partial charge in [-0.3, -0.25) is 0 Å². The monoisotopic (exact) mass is 210 g/mol. The Morgan fingerprint density at radius 3 is 1.92 bits per heavy atom. The van der Waals surface area contributed by atoms with Crippen LogP contribution in [-0.4, -0.2) is 47.0 Å². The van der Waals surface area contributed by atoms with E-state index in [0.717, 1.165) is 5.38 Å². The Hall–Kier alpha value is 0.447. The molecule has 5 heteroatoms. The van der Waals surface area contributed by atoms with Gasteiger partial charge in [0.25, 0.3) is 8.32 Å². The van der Waals surface area contributed by atoms with E-state index in [1.807, 2.05) is 6.92 Å². The molecule has 0 aromatic heterocycles. The van der Waals surface area contributed by atoms with Gasteiger partial charge in [-0.25, -0.2) is 0 Å². The number of hydrogen-bond donors (Lipinski definition) is 1. The van der Waals surface area contributed by atoms with Gasteiger partial charge >= 0.3 is 0 Å². The van der Waals surface area contributed by atoms with E-state index in [1.165, 1.54) is 0 Å². The predicted molar refractivity (Wildman–Crippen MR) is 55.0 cm³/mol. The van der Waals surface area contributed by atoms with E-state index in [9.17, 15) is 0 Å². The highest BCUT2D eigenvalue weighted by atomic mass is 32.1. The Morgan fingerprint density at radius 1 is 1.17 bits per heavy atom. The lowest BCUT2D eigenvalue weighted by Crippen LogP contribution is -2.51. The summed E-state index contributed by atoms with van der Waals surface area (Å²) in [5, 5.41) is 0.739. The van der Waals surface area contributed by atoms with Crippen molar-refractivity contribution in [1.82, 2.24) is 0 Å². The Morgan fingerprint density at radius 2 is 1.67 bits per heavy atom. The Bertz CT molecular complexity index is 95.8. The lowest BCUT2D eigenvalue weighted by atomic mass is 10.9. The van der Waals surface area contributed by atoms with Crippen LogP contribution in [0.15, 0.2) is 0 Å². The number of ether oxygens (including phenoxy) is 2. The van der Waals surface area contributed by atoms with Crippen molar-refractivity contribution in [1.29, 1.82) is 0 Å². The molecule has 12 heavy (non-hydrogen) atoms. The fraction of sp³-hybridized carbons (Fsp3) is 1.00. The van der Waals surface area contributed by atoms with Gasteiger partial charge in [0.1, 0.15) is 0 Å². The van der Waals surface area contributed by atoms with Gasteiger partial charge in [0.15, 0.2) is 0 Å². The van der Waals surface area contributed by atoms with Gasteiger partial charge in [-0.1, -0.05) is 0 Å². The van der Waals surface area contributed by atoms with Crippen LogP contribution in [0.2, 0.25) is 0 Å². The molecule has 0 atom stereocenters. The summed E-state index contributed by atoms with van der Waals surface area (Å²) in [5.41, 5.74) is 0. The van der Waals surface area contributed by atoms with Crippen molar-refractivity contribution in [2.75, 3.05) is 38.7 Å². The van der Waals surface area contributed by atoms with Gasteiger partial charge in [-0.05, 0) is 6.92 Å². The van der Waals surface area contributed by atoms with Crippen molar-refractivity contribution in [3.63, 3.8) is 0 Å². The minimum Gasteiger partial charge on any atom is -0.412 e. The molecular weight excluding hydrogens is 192 g/mol. The molecule has 0 radical (unpaired) electrons. The summed E-state index contributed by atoms with van der Waals surface area (Å²) in [6, 6.07) is 0. The smallest absolute Gasteiger partial charge is 0.252 e. The SMILES string of the molecule is CCO[Si](CS)(COC)COC. The van der Waals surface area contributed by atoms with E-state index in [0.29, 0.717) is 19.1 Å². The fourth-order valence-electron chi connectivity index (χ4n) is 1.09. The summed E-state index contributed by atoms with van der Waals surface area (Å²) in [7, 11) is 1.51. The normalized spacial score (nSPS) is 12.0. The molecule has 0 bridgehead atoms. The first kappa shape index (κ1) is 12.4. The first-order valence-electron chi connectivity index (χ1n) is 3.97. The van der Waals surface area contributed by atoms with E-state index in [-0.39, 0.29) is 0 Å². The minimum atomic E-state index is -1.85. The summed E-state index contributed by atoms with van der Waals surface area (Å²) in [4.78, 5) is 0. The van der Waals surface area contributed by atoms with Crippen LogP contribution < -0.4 is 0 Å². The molecule has 0 spiro atoms. The summed E-state index contributed by atoms with van der Waals surface area (Å²) < 4.78 is 15.9. The zero-order valence-electron chi connectivity index (χ0n) is 8.00. The van der Waals surface area contributed by atoms with Crippen molar-refractivity contribution in [2.24, 2.45) is 0 Å². The number of methoxy groups -OCH3 is 2. The molecule has 74 valence electrons. The van der Waals surface area contributed by atoms with Crippen molar-refractivity contribution in [3.8, 4) is 0 Å². The van der Waals surface area contributed by atoms with E-state index in [1.54, 1.807) is 14.2 Å². The molecule has 0 aliphatic carbocycles. The molecule has 0 rings (SSSR count).